The molecule has 2 heterocycles. The highest BCUT2D eigenvalue weighted by molar-refractivity contribution is 6.01. The van der Waals surface area contributed by atoms with Crippen LogP contribution in [0.5, 0.6) is 0 Å². The van der Waals surface area contributed by atoms with Crippen molar-refractivity contribution < 1.29 is 28.6 Å². The number of methoxy groups -OCH3 is 1. The average molecular weight is 379 g/mol. The normalized spacial score (nSPS) is 23.3. The van der Waals surface area contributed by atoms with Crippen LogP contribution in [0.2, 0.25) is 0 Å². The van der Waals surface area contributed by atoms with Crippen LogP contribution in [0.25, 0.3) is 0 Å². The van der Waals surface area contributed by atoms with Gasteiger partial charge in [0, 0.05) is 44.4 Å². The van der Waals surface area contributed by atoms with Gasteiger partial charge >= 0.3 is 6.09 Å². The predicted molar refractivity (Wildman–Crippen MR) is 94.1 cm³/mol. The third-order valence-electron chi connectivity index (χ3n) is 5.05. The molecule has 0 aromatic heterocycles. The van der Waals surface area contributed by atoms with E-state index < -0.39 is 23.7 Å². The van der Waals surface area contributed by atoms with Gasteiger partial charge in [0.05, 0.1) is 18.6 Å². The number of amides is 3. The smallest absolute Gasteiger partial charge is 0.407 e. The maximum absolute atomic E-state index is 14.7. The molecule has 9 heteroatoms. The molecule has 146 valence electrons. The number of anilines is 1. The van der Waals surface area contributed by atoms with Gasteiger partial charge in [0.15, 0.2) is 0 Å². The van der Waals surface area contributed by atoms with Gasteiger partial charge < -0.3 is 14.7 Å². The molecule has 0 aliphatic carbocycles. The zero-order valence-electron chi connectivity index (χ0n) is 15.0. The van der Waals surface area contributed by atoms with E-state index in [2.05, 4.69) is 5.32 Å². The van der Waals surface area contributed by atoms with Crippen LogP contribution < -0.4 is 10.2 Å². The van der Waals surface area contributed by atoms with Gasteiger partial charge in [0.1, 0.15) is 5.82 Å². The molecular weight excluding hydrogens is 357 g/mol. The van der Waals surface area contributed by atoms with Crippen molar-refractivity contribution in [3.8, 4) is 0 Å². The number of carboxylic acid groups (broad SMARTS) is 1. The van der Waals surface area contributed by atoms with Crippen molar-refractivity contribution in [3.05, 3.63) is 29.6 Å². The van der Waals surface area contributed by atoms with Crippen LogP contribution >= 0.6 is 0 Å². The molecule has 2 aliphatic rings. The summed E-state index contributed by atoms with van der Waals surface area (Å²) in [6.07, 6.45) is -0.530. The highest BCUT2D eigenvalue weighted by Gasteiger charge is 2.32. The summed E-state index contributed by atoms with van der Waals surface area (Å²) >= 11 is 0. The van der Waals surface area contributed by atoms with E-state index in [9.17, 15) is 23.9 Å². The summed E-state index contributed by atoms with van der Waals surface area (Å²) in [7, 11) is 1.51. The van der Waals surface area contributed by atoms with Crippen molar-refractivity contribution >= 4 is 23.6 Å². The van der Waals surface area contributed by atoms with E-state index in [0.717, 1.165) is 0 Å². The molecule has 1 aromatic rings. The molecule has 0 bridgehead atoms. The summed E-state index contributed by atoms with van der Waals surface area (Å²) in [5, 5.41) is 11.5. The molecule has 3 amide bonds. The standard InChI is InChI=1S/C18H22FN3O5/c1-27-10-12-9-21(6-7-22(12)18(25)26)11-2-3-13(15(19)8-11)14-4-5-16(23)20-17(14)24/h2-3,8,12,14H,4-7,9-10H2,1H3,(H,25,26)(H,20,23,24)/t12-,14?/m1/s1. The Hall–Kier alpha value is -2.68. The van der Waals surface area contributed by atoms with Crippen molar-refractivity contribution in [2.24, 2.45) is 0 Å². The van der Waals surface area contributed by atoms with Crippen LogP contribution in [-0.4, -0.2) is 67.3 Å². The molecule has 2 saturated heterocycles. The summed E-state index contributed by atoms with van der Waals surface area (Å²) in [5.74, 6) is -2.00. The Morgan fingerprint density at radius 3 is 2.78 bits per heavy atom. The van der Waals surface area contributed by atoms with Gasteiger partial charge in [-0.25, -0.2) is 9.18 Å². The molecule has 1 aromatic carbocycles. The largest absolute Gasteiger partial charge is 0.465 e. The van der Waals surface area contributed by atoms with Gasteiger partial charge in [-0.1, -0.05) is 6.07 Å². The van der Waals surface area contributed by atoms with Crippen LogP contribution in [0.3, 0.4) is 0 Å². The van der Waals surface area contributed by atoms with Crippen molar-refractivity contribution in [2.75, 3.05) is 38.3 Å². The second-order valence-corrected chi connectivity index (χ2v) is 6.74. The van der Waals surface area contributed by atoms with E-state index in [-0.39, 0.29) is 37.0 Å². The Balaban J connectivity index is 1.76. The SMILES string of the molecule is COC[C@H]1CN(c2ccc(C3CCC(=O)NC3=O)c(F)c2)CCN1C(=O)O. The molecule has 3 rings (SSSR count). The Kier molecular flexibility index (Phi) is 5.59. The number of piperidine rings is 1. The van der Waals surface area contributed by atoms with Gasteiger partial charge in [-0.05, 0) is 18.6 Å². The first-order valence-electron chi connectivity index (χ1n) is 8.77. The minimum absolute atomic E-state index is 0.188. The molecule has 2 fully saturated rings. The summed E-state index contributed by atoms with van der Waals surface area (Å²) in [6.45, 7) is 1.36. The first-order valence-corrected chi connectivity index (χ1v) is 8.77. The number of rotatable bonds is 4. The monoisotopic (exact) mass is 379 g/mol. The van der Waals surface area contributed by atoms with Gasteiger partial charge in [0.2, 0.25) is 11.8 Å². The molecule has 1 unspecified atom stereocenters. The highest BCUT2D eigenvalue weighted by Crippen LogP contribution is 2.30. The summed E-state index contributed by atoms with van der Waals surface area (Å²) in [5.41, 5.74) is 0.885. The number of imide groups is 1. The number of carbonyl (C=O) groups excluding carboxylic acids is 2. The number of carbonyl (C=O) groups is 3. The first kappa shape index (κ1) is 19.1. The fourth-order valence-corrected chi connectivity index (χ4v) is 3.66. The number of benzene rings is 1. The average Bonchev–Trinajstić information content (AvgIpc) is 2.62. The van der Waals surface area contributed by atoms with Crippen LogP contribution in [0.4, 0.5) is 14.9 Å². The van der Waals surface area contributed by atoms with Crippen LogP contribution in [0.15, 0.2) is 18.2 Å². The zero-order chi connectivity index (χ0) is 19.6. The van der Waals surface area contributed by atoms with Crippen LogP contribution in [0.1, 0.15) is 24.3 Å². The minimum atomic E-state index is -1.00. The summed E-state index contributed by atoms with van der Waals surface area (Å²) in [4.78, 5) is 37.8. The third kappa shape index (κ3) is 4.02. The number of halogens is 1. The molecule has 27 heavy (non-hydrogen) atoms. The molecule has 0 radical (unpaired) electrons. The Morgan fingerprint density at radius 2 is 2.15 bits per heavy atom. The number of hydrogen-bond donors (Lipinski definition) is 2. The molecule has 0 saturated carbocycles. The number of piperazine rings is 1. The lowest BCUT2D eigenvalue weighted by Gasteiger charge is -2.40. The van der Waals surface area contributed by atoms with Crippen molar-refractivity contribution in [3.63, 3.8) is 0 Å². The van der Waals surface area contributed by atoms with E-state index in [4.69, 9.17) is 4.74 Å². The number of nitrogens with zero attached hydrogens (tertiary/aromatic N) is 2. The van der Waals surface area contributed by atoms with Gasteiger partial charge in [-0.3, -0.25) is 19.8 Å². The van der Waals surface area contributed by atoms with E-state index in [0.29, 0.717) is 25.3 Å². The lowest BCUT2D eigenvalue weighted by atomic mass is 9.90. The lowest BCUT2D eigenvalue weighted by Crippen LogP contribution is -2.56. The van der Waals surface area contributed by atoms with Crippen molar-refractivity contribution in [1.82, 2.24) is 10.2 Å². The highest BCUT2D eigenvalue weighted by atomic mass is 19.1. The Morgan fingerprint density at radius 1 is 1.37 bits per heavy atom. The van der Waals surface area contributed by atoms with Crippen LogP contribution in [-0.2, 0) is 14.3 Å². The molecule has 0 spiro atoms. The number of hydrogen-bond acceptors (Lipinski definition) is 5. The molecule has 8 nitrogen and oxygen atoms in total. The second-order valence-electron chi connectivity index (χ2n) is 6.74. The van der Waals surface area contributed by atoms with Crippen molar-refractivity contribution in [1.29, 1.82) is 0 Å². The van der Waals surface area contributed by atoms with Crippen molar-refractivity contribution in [2.45, 2.75) is 24.8 Å². The Labute approximate surface area is 155 Å². The molecule has 2 aliphatic heterocycles. The summed E-state index contributed by atoms with van der Waals surface area (Å²) in [6, 6.07) is 4.31. The molecular formula is C18H22FN3O5. The van der Waals surface area contributed by atoms with E-state index in [1.54, 1.807) is 12.1 Å². The second kappa shape index (κ2) is 7.91. The lowest BCUT2D eigenvalue weighted by molar-refractivity contribution is -0.134. The summed E-state index contributed by atoms with van der Waals surface area (Å²) < 4.78 is 19.8. The first-order chi connectivity index (χ1) is 12.9. The maximum atomic E-state index is 14.7. The molecule has 2 atom stereocenters. The third-order valence-corrected chi connectivity index (χ3v) is 5.05. The fraction of sp³-hybridized carbons (Fsp3) is 0.500. The fourth-order valence-electron chi connectivity index (χ4n) is 3.66. The Bertz CT molecular complexity index is 757. The quantitative estimate of drug-likeness (QED) is 0.762. The van der Waals surface area contributed by atoms with Gasteiger partial charge in [0.25, 0.3) is 0 Å². The van der Waals surface area contributed by atoms with E-state index >= 15 is 0 Å². The maximum Gasteiger partial charge on any atom is 0.407 e. The zero-order valence-corrected chi connectivity index (χ0v) is 15.0. The predicted octanol–water partition coefficient (Wildman–Crippen LogP) is 1.16. The minimum Gasteiger partial charge on any atom is -0.465 e. The molecule has 2 N–H and O–H groups in total. The van der Waals surface area contributed by atoms with E-state index in [1.165, 1.54) is 18.1 Å². The topological polar surface area (TPSA) is 99.2 Å². The van der Waals surface area contributed by atoms with E-state index in [1.807, 2.05) is 4.90 Å². The number of ether oxygens (including phenoxy) is 1. The number of nitrogens with one attached hydrogen (secondary N) is 1. The van der Waals surface area contributed by atoms with Gasteiger partial charge in [-0.15, -0.1) is 0 Å². The van der Waals surface area contributed by atoms with Crippen LogP contribution in [0, 0.1) is 5.82 Å². The van der Waals surface area contributed by atoms with Gasteiger partial charge in [-0.2, -0.15) is 0 Å².